The molecule has 10 heteroatoms. The minimum absolute atomic E-state index is 0.0238. The third-order valence-electron chi connectivity index (χ3n) is 5.43. The Labute approximate surface area is 195 Å². The number of nitrogens with zero attached hydrogens (tertiary/aromatic N) is 2. The normalized spacial score (nSPS) is 11.7. The quantitative estimate of drug-likeness (QED) is 0.419. The monoisotopic (exact) mass is 485 g/mol. The Morgan fingerprint density at radius 3 is 2.44 bits per heavy atom. The molecule has 1 N–H and O–H groups in total. The van der Waals surface area contributed by atoms with Crippen molar-refractivity contribution in [1.29, 1.82) is 0 Å². The zero-order valence-electron chi connectivity index (χ0n) is 18.3. The van der Waals surface area contributed by atoms with Gasteiger partial charge in [0.1, 0.15) is 5.75 Å². The minimum Gasteiger partial charge on any atom is -0.435 e. The van der Waals surface area contributed by atoms with Crippen LogP contribution in [0.5, 0.6) is 5.75 Å². The van der Waals surface area contributed by atoms with Gasteiger partial charge in [-0.05, 0) is 54.8 Å². The van der Waals surface area contributed by atoms with Gasteiger partial charge in [0, 0.05) is 5.39 Å². The number of fused-ring (bicyclic) bond motifs is 1. The number of ether oxygens (including phenoxy) is 1. The van der Waals surface area contributed by atoms with E-state index in [1.165, 1.54) is 18.2 Å². The maximum absolute atomic E-state index is 13.0. The standard InChI is InChI=1S/C24H21F2N3O4S/c1-15-6-5-9-21(16(15)2)34(31,32)28-23(30)22-19-7-3-4-8-20(19)29(27-22)14-17-10-12-18(13-11-17)33-24(25)26/h3-13,24H,14H2,1-2H3,(H,28,30). The molecule has 0 radical (unpaired) electrons. The van der Waals surface area contributed by atoms with Crippen LogP contribution in [-0.4, -0.2) is 30.7 Å². The molecular formula is C24H21F2N3O4S. The van der Waals surface area contributed by atoms with Gasteiger partial charge in [-0.1, -0.05) is 42.5 Å². The number of carbonyl (C=O) groups excluding carboxylic acids is 1. The molecule has 0 atom stereocenters. The lowest BCUT2D eigenvalue weighted by Crippen LogP contribution is -2.31. The number of hydrogen-bond acceptors (Lipinski definition) is 5. The third kappa shape index (κ3) is 4.76. The summed E-state index contributed by atoms with van der Waals surface area (Å²) < 4.78 is 58.6. The van der Waals surface area contributed by atoms with Crippen molar-refractivity contribution in [3.63, 3.8) is 0 Å². The van der Waals surface area contributed by atoms with Crippen LogP contribution in [0.25, 0.3) is 10.9 Å². The van der Waals surface area contributed by atoms with Crippen molar-refractivity contribution < 1.29 is 26.7 Å². The highest BCUT2D eigenvalue weighted by atomic mass is 32.2. The number of rotatable bonds is 7. The van der Waals surface area contributed by atoms with Gasteiger partial charge >= 0.3 is 6.61 Å². The average molecular weight is 486 g/mol. The second-order valence-corrected chi connectivity index (χ2v) is 9.33. The SMILES string of the molecule is Cc1cccc(S(=O)(=O)NC(=O)c2nn(Cc3ccc(OC(F)F)cc3)c3ccccc23)c1C. The fraction of sp³-hybridized carbons (Fsp3) is 0.167. The first-order valence-corrected chi connectivity index (χ1v) is 11.8. The Bertz CT molecular complexity index is 1470. The van der Waals surface area contributed by atoms with Gasteiger partial charge in [-0.25, -0.2) is 13.1 Å². The Balaban J connectivity index is 1.64. The van der Waals surface area contributed by atoms with Gasteiger partial charge in [0.25, 0.3) is 15.9 Å². The number of sulfonamides is 1. The van der Waals surface area contributed by atoms with Gasteiger partial charge < -0.3 is 4.74 Å². The van der Waals surface area contributed by atoms with Crippen LogP contribution in [0.1, 0.15) is 27.2 Å². The lowest BCUT2D eigenvalue weighted by Gasteiger charge is -2.10. The molecule has 34 heavy (non-hydrogen) atoms. The Kier molecular flexibility index (Phi) is 6.34. The van der Waals surface area contributed by atoms with E-state index in [9.17, 15) is 22.0 Å². The summed E-state index contributed by atoms with van der Waals surface area (Å²) >= 11 is 0. The van der Waals surface area contributed by atoms with E-state index in [2.05, 4.69) is 14.6 Å². The maximum Gasteiger partial charge on any atom is 0.387 e. The van der Waals surface area contributed by atoms with Gasteiger partial charge in [0.15, 0.2) is 5.69 Å². The van der Waals surface area contributed by atoms with Crippen molar-refractivity contribution in [1.82, 2.24) is 14.5 Å². The molecular weight excluding hydrogens is 464 g/mol. The second-order valence-electron chi connectivity index (χ2n) is 7.68. The number of halogens is 2. The molecule has 176 valence electrons. The molecule has 0 spiro atoms. The van der Waals surface area contributed by atoms with Crippen LogP contribution < -0.4 is 9.46 Å². The zero-order valence-corrected chi connectivity index (χ0v) is 19.1. The summed E-state index contributed by atoms with van der Waals surface area (Å²) in [5.41, 5.74) is 2.64. The molecule has 0 unspecified atom stereocenters. The van der Waals surface area contributed by atoms with Crippen LogP contribution in [0.2, 0.25) is 0 Å². The van der Waals surface area contributed by atoms with E-state index >= 15 is 0 Å². The van der Waals surface area contributed by atoms with Crippen LogP contribution >= 0.6 is 0 Å². The molecule has 0 fully saturated rings. The summed E-state index contributed by atoms with van der Waals surface area (Å²) in [5, 5.41) is 4.84. The highest BCUT2D eigenvalue weighted by Gasteiger charge is 2.25. The zero-order chi connectivity index (χ0) is 24.5. The first-order chi connectivity index (χ1) is 16.2. The molecule has 0 aliphatic rings. The first-order valence-electron chi connectivity index (χ1n) is 10.3. The Morgan fingerprint density at radius 1 is 1.03 bits per heavy atom. The van der Waals surface area contributed by atoms with Crippen LogP contribution in [0.3, 0.4) is 0 Å². The molecule has 0 bridgehead atoms. The second kappa shape index (κ2) is 9.22. The smallest absolute Gasteiger partial charge is 0.387 e. The molecule has 1 amide bonds. The molecule has 0 aliphatic carbocycles. The van der Waals surface area contributed by atoms with E-state index in [1.54, 1.807) is 67.1 Å². The van der Waals surface area contributed by atoms with E-state index in [1.807, 2.05) is 0 Å². The summed E-state index contributed by atoms with van der Waals surface area (Å²) in [7, 11) is -4.12. The predicted octanol–water partition coefficient (Wildman–Crippen LogP) is 4.42. The molecule has 0 saturated heterocycles. The average Bonchev–Trinajstić information content (AvgIpc) is 3.15. The highest BCUT2D eigenvalue weighted by molar-refractivity contribution is 7.90. The molecule has 3 aromatic carbocycles. The number of hydrogen-bond donors (Lipinski definition) is 1. The number of aromatic nitrogens is 2. The molecule has 4 rings (SSSR count). The van der Waals surface area contributed by atoms with Crippen LogP contribution in [0, 0.1) is 13.8 Å². The fourth-order valence-corrected chi connectivity index (χ4v) is 4.88. The number of para-hydroxylation sites is 1. The predicted molar refractivity (Wildman–Crippen MR) is 122 cm³/mol. The maximum atomic E-state index is 13.0. The van der Waals surface area contributed by atoms with Crippen LogP contribution in [-0.2, 0) is 16.6 Å². The lowest BCUT2D eigenvalue weighted by atomic mass is 10.1. The van der Waals surface area contributed by atoms with Crippen molar-refractivity contribution >= 4 is 26.8 Å². The number of aryl methyl sites for hydroxylation is 1. The summed E-state index contributed by atoms with van der Waals surface area (Å²) in [5.74, 6) is -0.822. The third-order valence-corrected chi connectivity index (χ3v) is 6.90. The summed E-state index contributed by atoms with van der Waals surface area (Å²) in [6, 6.07) is 17.8. The van der Waals surface area contributed by atoms with Crippen molar-refractivity contribution in [3.05, 3.63) is 89.1 Å². The fourth-order valence-electron chi connectivity index (χ4n) is 3.61. The van der Waals surface area contributed by atoms with E-state index in [0.29, 0.717) is 16.5 Å². The molecule has 1 aromatic heterocycles. The van der Waals surface area contributed by atoms with E-state index < -0.39 is 22.5 Å². The van der Waals surface area contributed by atoms with Crippen molar-refractivity contribution in [2.75, 3.05) is 0 Å². The molecule has 0 saturated carbocycles. The van der Waals surface area contributed by atoms with Crippen molar-refractivity contribution in [2.45, 2.75) is 31.9 Å². The first kappa shape index (κ1) is 23.4. The molecule has 0 aliphatic heterocycles. The van der Waals surface area contributed by atoms with Crippen LogP contribution in [0.15, 0.2) is 71.6 Å². The largest absolute Gasteiger partial charge is 0.435 e. The van der Waals surface area contributed by atoms with E-state index in [0.717, 1.165) is 11.1 Å². The lowest BCUT2D eigenvalue weighted by molar-refractivity contribution is -0.0498. The highest BCUT2D eigenvalue weighted by Crippen LogP contribution is 2.23. The van der Waals surface area contributed by atoms with Crippen molar-refractivity contribution in [2.24, 2.45) is 0 Å². The van der Waals surface area contributed by atoms with E-state index in [4.69, 9.17) is 0 Å². The number of nitrogens with one attached hydrogen (secondary N) is 1. The molecule has 7 nitrogen and oxygen atoms in total. The Hall–Kier alpha value is -3.79. The topological polar surface area (TPSA) is 90.3 Å². The van der Waals surface area contributed by atoms with Crippen molar-refractivity contribution in [3.8, 4) is 5.75 Å². The summed E-state index contributed by atoms with van der Waals surface area (Å²) in [6.45, 7) is 0.780. The number of amides is 1. The Morgan fingerprint density at radius 2 is 1.74 bits per heavy atom. The molecule has 4 aromatic rings. The van der Waals surface area contributed by atoms with Gasteiger partial charge in [0.2, 0.25) is 0 Å². The summed E-state index contributed by atoms with van der Waals surface area (Å²) in [4.78, 5) is 13.0. The van der Waals surface area contributed by atoms with Gasteiger partial charge in [-0.15, -0.1) is 0 Å². The number of alkyl halides is 2. The molecule has 1 heterocycles. The van der Waals surface area contributed by atoms with E-state index in [-0.39, 0.29) is 22.9 Å². The number of benzene rings is 3. The van der Waals surface area contributed by atoms with Gasteiger partial charge in [-0.2, -0.15) is 13.9 Å². The summed E-state index contributed by atoms with van der Waals surface area (Å²) in [6.07, 6.45) is 0. The van der Waals surface area contributed by atoms with Gasteiger partial charge in [-0.3, -0.25) is 9.48 Å². The minimum atomic E-state index is -4.12. The van der Waals surface area contributed by atoms with Gasteiger partial charge in [0.05, 0.1) is 17.0 Å². The number of carbonyl (C=O) groups is 1. The van der Waals surface area contributed by atoms with Crippen LogP contribution in [0.4, 0.5) is 8.78 Å².